The molecule has 0 bridgehead atoms. The molecule has 1 N–H and O–H groups in total. The van der Waals surface area contributed by atoms with Crippen molar-refractivity contribution in [2.75, 3.05) is 6.54 Å². The summed E-state index contributed by atoms with van der Waals surface area (Å²) in [5.41, 5.74) is 2.67. The Balaban J connectivity index is 2.41. The van der Waals surface area contributed by atoms with E-state index in [1.165, 1.54) is 21.9 Å². The molecule has 0 amide bonds. The predicted octanol–water partition coefficient (Wildman–Crippen LogP) is 4.46. The largest absolute Gasteiger partial charge is 0.307 e. The maximum absolute atomic E-state index is 3.52. The molecule has 0 fully saturated rings. The molecule has 0 aliphatic carbocycles. The topological polar surface area (TPSA) is 12.0 Å². The molecule has 1 nitrogen and oxygen atoms in total. The van der Waals surface area contributed by atoms with E-state index in [-0.39, 0.29) is 0 Å². The van der Waals surface area contributed by atoms with Gasteiger partial charge >= 0.3 is 0 Å². The molecule has 18 heavy (non-hydrogen) atoms. The molecule has 1 unspecified atom stereocenters. The minimum Gasteiger partial charge on any atom is -0.307 e. The minimum atomic E-state index is 0.310. The number of nitrogens with one attached hydrogen (secondary N) is 1. The van der Waals surface area contributed by atoms with Crippen molar-refractivity contribution >= 4 is 10.8 Å². The van der Waals surface area contributed by atoms with Crippen molar-refractivity contribution in [1.82, 2.24) is 5.32 Å². The number of rotatable bonds is 4. The van der Waals surface area contributed by atoms with Gasteiger partial charge in [-0.1, -0.05) is 55.0 Å². The number of fused-ring (bicyclic) bond motifs is 1. The summed E-state index contributed by atoms with van der Waals surface area (Å²) in [6, 6.07) is 15.5. The highest BCUT2D eigenvalue weighted by Gasteiger charge is 2.07. The van der Waals surface area contributed by atoms with E-state index in [4.69, 9.17) is 0 Å². The first-order chi connectivity index (χ1) is 8.70. The quantitative estimate of drug-likeness (QED) is 0.777. The summed E-state index contributed by atoms with van der Waals surface area (Å²) in [6.07, 6.45) is 2.29. The van der Waals surface area contributed by atoms with Crippen LogP contribution in [0, 0.1) is 0 Å². The first kappa shape index (κ1) is 12.8. The Morgan fingerprint density at radius 2 is 1.83 bits per heavy atom. The summed E-state index contributed by atoms with van der Waals surface area (Å²) in [5, 5.41) is 6.12. The predicted molar refractivity (Wildman–Crippen MR) is 79.8 cm³/mol. The molecule has 0 spiro atoms. The van der Waals surface area contributed by atoms with Crippen molar-refractivity contribution in [3.63, 3.8) is 0 Å². The van der Waals surface area contributed by atoms with Crippen molar-refractivity contribution in [2.24, 2.45) is 0 Å². The summed E-state index contributed by atoms with van der Waals surface area (Å²) < 4.78 is 0. The highest BCUT2D eigenvalue weighted by molar-refractivity contribution is 5.83. The summed E-state index contributed by atoms with van der Waals surface area (Å²) >= 11 is 0. The third-order valence-corrected chi connectivity index (χ3v) is 3.06. The van der Waals surface area contributed by atoms with Crippen molar-refractivity contribution in [2.45, 2.75) is 26.8 Å². The highest BCUT2D eigenvalue weighted by Crippen LogP contribution is 2.22. The van der Waals surface area contributed by atoms with Crippen LogP contribution in [0.5, 0.6) is 0 Å². The number of allylic oxidation sites excluding steroid dienone is 1. The van der Waals surface area contributed by atoms with E-state index in [9.17, 15) is 0 Å². The molecule has 0 saturated carbocycles. The molecule has 2 aromatic rings. The van der Waals surface area contributed by atoms with Crippen LogP contribution in [-0.4, -0.2) is 6.54 Å². The van der Waals surface area contributed by atoms with Crippen molar-refractivity contribution < 1.29 is 0 Å². The second-order valence-corrected chi connectivity index (χ2v) is 4.89. The first-order valence-electron chi connectivity index (χ1n) is 6.58. The van der Waals surface area contributed by atoms with Gasteiger partial charge in [0.1, 0.15) is 0 Å². The van der Waals surface area contributed by atoms with Gasteiger partial charge in [0.05, 0.1) is 6.04 Å². The van der Waals surface area contributed by atoms with Crippen LogP contribution in [0.4, 0.5) is 0 Å². The van der Waals surface area contributed by atoms with E-state index in [1.54, 1.807) is 0 Å². The average molecular weight is 239 g/mol. The lowest BCUT2D eigenvalue weighted by atomic mass is 10.0. The lowest BCUT2D eigenvalue weighted by Gasteiger charge is -2.16. The van der Waals surface area contributed by atoms with E-state index in [1.807, 2.05) is 0 Å². The van der Waals surface area contributed by atoms with E-state index < -0.39 is 0 Å². The monoisotopic (exact) mass is 239 g/mol. The van der Waals surface area contributed by atoms with Gasteiger partial charge in [-0.3, -0.25) is 0 Å². The van der Waals surface area contributed by atoms with Gasteiger partial charge in [0.2, 0.25) is 0 Å². The normalized spacial score (nSPS) is 12.4. The Morgan fingerprint density at radius 1 is 1.11 bits per heavy atom. The van der Waals surface area contributed by atoms with Crippen LogP contribution < -0.4 is 5.32 Å². The third-order valence-electron chi connectivity index (χ3n) is 3.06. The smallest absolute Gasteiger partial charge is 0.0508 e. The van der Waals surface area contributed by atoms with Crippen molar-refractivity contribution in [3.8, 4) is 0 Å². The zero-order valence-corrected chi connectivity index (χ0v) is 11.4. The third kappa shape index (κ3) is 2.99. The van der Waals surface area contributed by atoms with Gasteiger partial charge in [0.15, 0.2) is 0 Å². The lowest BCUT2D eigenvalue weighted by molar-refractivity contribution is 0.645. The molecule has 0 aromatic heterocycles. The van der Waals surface area contributed by atoms with Crippen LogP contribution in [0.25, 0.3) is 10.8 Å². The van der Waals surface area contributed by atoms with Gasteiger partial charge in [0.25, 0.3) is 0 Å². The zero-order chi connectivity index (χ0) is 13.0. The number of benzene rings is 2. The molecule has 0 aliphatic heterocycles. The molecule has 1 heteroatoms. The van der Waals surface area contributed by atoms with Gasteiger partial charge in [0, 0.05) is 0 Å². The molecule has 0 heterocycles. The Hall–Kier alpha value is -1.60. The fourth-order valence-corrected chi connectivity index (χ4v) is 2.23. The lowest BCUT2D eigenvalue weighted by Crippen LogP contribution is -2.19. The van der Waals surface area contributed by atoms with Gasteiger partial charge in [-0.2, -0.15) is 0 Å². The first-order valence-corrected chi connectivity index (χ1v) is 6.58. The molecule has 94 valence electrons. The van der Waals surface area contributed by atoms with Gasteiger partial charge in [-0.25, -0.2) is 0 Å². The van der Waals surface area contributed by atoms with Crippen molar-refractivity contribution in [1.29, 1.82) is 0 Å². The number of hydrogen-bond donors (Lipinski definition) is 1. The average Bonchev–Trinajstić information content (AvgIpc) is 2.37. The van der Waals surface area contributed by atoms with Crippen LogP contribution in [-0.2, 0) is 0 Å². The molecular weight excluding hydrogens is 218 g/mol. The summed E-state index contributed by atoms with van der Waals surface area (Å²) in [6.45, 7) is 7.41. The summed E-state index contributed by atoms with van der Waals surface area (Å²) in [5.74, 6) is 0. The van der Waals surface area contributed by atoms with Crippen LogP contribution in [0.1, 0.15) is 32.4 Å². The Kier molecular flexibility index (Phi) is 4.16. The van der Waals surface area contributed by atoms with E-state index in [0.29, 0.717) is 6.04 Å². The summed E-state index contributed by atoms with van der Waals surface area (Å²) in [4.78, 5) is 0. The van der Waals surface area contributed by atoms with Crippen LogP contribution in [0.3, 0.4) is 0 Å². The van der Waals surface area contributed by atoms with Crippen LogP contribution in [0.2, 0.25) is 0 Å². The second-order valence-electron chi connectivity index (χ2n) is 4.89. The molecule has 1 atom stereocenters. The molecule has 0 aliphatic rings. The Morgan fingerprint density at radius 3 is 2.50 bits per heavy atom. The molecule has 0 saturated heterocycles. The molecule has 2 aromatic carbocycles. The van der Waals surface area contributed by atoms with Gasteiger partial charge in [-0.05, 0) is 42.8 Å². The van der Waals surface area contributed by atoms with E-state index >= 15 is 0 Å². The van der Waals surface area contributed by atoms with E-state index in [0.717, 1.165) is 6.54 Å². The van der Waals surface area contributed by atoms with Crippen molar-refractivity contribution in [3.05, 3.63) is 59.7 Å². The molecule has 0 radical (unpaired) electrons. The minimum absolute atomic E-state index is 0.310. The summed E-state index contributed by atoms with van der Waals surface area (Å²) in [7, 11) is 0. The van der Waals surface area contributed by atoms with Gasteiger partial charge < -0.3 is 5.32 Å². The van der Waals surface area contributed by atoms with Crippen LogP contribution >= 0.6 is 0 Å². The highest BCUT2D eigenvalue weighted by atomic mass is 14.9. The van der Waals surface area contributed by atoms with Gasteiger partial charge in [-0.15, -0.1) is 0 Å². The Labute approximate surface area is 110 Å². The Bertz CT molecular complexity index is 550. The standard InChI is InChI=1S/C17H21N/c1-4-18-17(11-13(2)3)16-10-9-14-7-5-6-8-15(14)12-16/h5-12,17-18H,4H2,1-3H3. The van der Waals surface area contributed by atoms with E-state index in [2.05, 4.69) is 74.6 Å². The fourth-order valence-electron chi connectivity index (χ4n) is 2.23. The molecular formula is C17H21N. The maximum Gasteiger partial charge on any atom is 0.0508 e. The zero-order valence-electron chi connectivity index (χ0n) is 11.4. The van der Waals surface area contributed by atoms with Crippen LogP contribution in [0.15, 0.2) is 54.1 Å². The molecule has 2 rings (SSSR count). The SMILES string of the molecule is CCNC(C=C(C)C)c1ccc2ccccc2c1. The number of hydrogen-bond acceptors (Lipinski definition) is 1. The second kappa shape index (κ2) is 5.83. The fraction of sp³-hybridized carbons (Fsp3) is 0.294. The maximum atomic E-state index is 3.52. The number of likely N-dealkylation sites (N-methyl/N-ethyl adjacent to an activating group) is 1.